The van der Waals surface area contributed by atoms with E-state index in [1.165, 1.54) is 13.8 Å². The Kier molecular flexibility index (Phi) is 5.79. The van der Waals surface area contributed by atoms with E-state index >= 15 is 0 Å². The van der Waals surface area contributed by atoms with Crippen molar-refractivity contribution in [1.82, 2.24) is 0 Å². The predicted octanol–water partition coefficient (Wildman–Crippen LogP) is 0.910. The normalized spacial score (nSPS) is 10.2. The van der Waals surface area contributed by atoms with Gasteiger partial charge in [0.2, 0.25) is 0 Å². The highest BCUT2D eigenvalue weighted by molar-refractivity contribution is 5.83. The Morgan fingerprint density at radius 1 is 1.43 bits per heavy atom. The molecule has 0 fully saturated rings. The number of hydrogen-bond donors (Lipinski definition) is 0. The third kappa shape index (κ3) is 6.85. The van der Waals surface area contributed by atoms with E-state index in [9.17, 15) is 9.59 Å². The number of rotatable bonds is 4. The van der Waals surface area contributed by atoms with Crippen LogP contribution in [0.3, 0.4) is 0 Å². The van der Waals surface area contributed by atoms with Gasteiger partial charge in [-0.2, -0.15) is 5.26 Å². The first-order valence-electron chi connectivity index (χ1n) is 3.96. The topological polar surface area (TPSA) is 76.4 Å². The Morgan fingerprint density at radius 2 is 2.07 bits per heavy atom. The number of nitriles is 1. The van der Waals surface area contributed by atoms with Crippen molar-refractivity contribution in [2.75, 3.05) is 6.61 Å². The van der Waals surface area contributed by atoms with E-state index in [-0.39, 0.29) is 18.8 Å². The summed E-state index contributed by atoms with van der Waals surface area (Å²) in [5, 5.41) is 8.15. The molecule has 0 amide bonds. The van der Waals surface area contributed by atoms with E-state index in [1.54, 1.807) is 0 Å². The molecule has 0 saturated heterocycles. The van der Waals surface area contributed by atoms with Crippen LogP contribution in [-0.2, 0) is 19.1 Å². The summed E-state index contributed by atoms with van der Waals surface area (Å²) in [6, 6.07) is 1.83. The highest BCUT2D eigenvalue weighted by Gasteiger charge is 2.01. The third-order valence-electron chi connectivity index (χ3n) is 1.08. The summed E-state index contributed by atoms with van der Waals surface area (Å²) in [6.45, 7) is 2.74. The van der Waals surface area contributed by atoms with Gasteiger partial charge in [0.15, 0.2) is 0 Å². The van der Waals surface area contributed by atoms with Crippen LogP contribution < -0.4 is 0 Å². The van der Waals surface area contributed by atoms with Gasteiger partial charge in [0.05, 0.1) is 18.6 Å². The predicted molar refractivity (Wildman–Crippen MR) is 46.7 cm³/mol. The molecule has 0 radical (unpaired) electrons. The molecule has 0 aromatic rings. The number of allylic oxidation sites excluding steroid dienone is 1. The minimum absolute atomic E-state index is 0.0409. The average molecular weight is 197 g/mol. The Bertz CT molecular complexity index is 288. The molecule has 0 rings (SSSR count). The minimum atomic E-state index is -0.626. The number of nitrogens with zero attached hydrogens (tertiary/aromatic N) is 1. The van der Waals surface area contributed by atoms with Crippen LogP contribution in [0.5, 0.6) is 0 Å². The summed E-state index contributed by atoms with van der Waals surface area (Å²) in [6.07, 6.45) is 1.20. The SMILES string of the molecule is CC(=O)O/C(C)=C\C(=O)OCCC#N. The zero-order chi connectivity index (χ0) is 11.0. The lowest BCUT2D eigenvalue weighted by atomic mass is 10.4. The van der Waals surface area contributed by atoms with Gasteiger partial charge in [0.1, 0.15) is 12.4 Å². The van der Waals surface area contributed by atoms with Crippen LogP contribution in [0.25, 0.3) is 0 Å². The average Bonchev–Trinajstić information content (AvgIpc) is 2.02. The van der Waals surface area contributed by atoms with Gasteiger partial charge in [0, 0.05) is 6.92 Å². The maximum atomic E-state index is 10.9. The highest BCUT2D eigenvalue weighted by Crippen LogP contribution is 1.97. The number of esters is 2. The van der Waals surface area contributed by atoms with Crippen molar-refractivity contribution in [2.24, 2.45) is 0 Å². The summed E-state index contributed by atoms with van der Waals surface area (Å²) in [4.78, 5) is 21.3. The molecule has 0 aromatic heterocycles. The Morgan fingerprint density at radius 3 is 2.57 bits per heavy atom. The molecule has 0 atom stereocenters. The fourth-order valence-corrected chi connectivity index (χ4v) is 0.661. The van der Waals surface area contributed by atoms with Gasteiger partial charge in [-0.25, -0.2) is 4.79 Å². The van der Waals surface area contributed by atoms with Crippen LogP contribution in [0.15, 0.2) is 11.8 Å². The summed E-state index contributed by atoms with van der Waals surface area (Å²) in [5.74, 6) is -0.956. The second-order valence-electron chi connectivity index (χ2n) is 2.42. The van der Waals surface area contributed by atoms with Crippen LogP contribution in [0.4, 0.5) is 0 Å². The maximum Gasteiger partial charge on any atom is 0.334 e. The molecule has 76 valence electrons. The molecule has 14 heavy (non-hydrogen) atoms. The van der Waals surface area contributed by atoms with Gasteiger partial charge < -0.3 is 9.47 Å². The first-order chi connectivity index (χ1) is 6.56. The number of ether oxygens (including phenoxy) is 2. The molecule has 0 saturated carbocycles. The molecule has 0 aliphatic rings. The molecular formula is C9H11NO4. The van der Waals surface area contributed by atoms with Crippen molar-refractivity contribution in [2.45, 2.75) is 20.3 Å². The van der Waals surface area contributed by atoms with Gasteiger partial charge >= 0.3 is 11.9 Å². The lowest BCUT2D eigenvalue weighted by Crippen LogP contribution is -2.04. The van der Waals surface area contributed by atoms with Gasteiger partial charge in [-0.1, -0.05) is 0 Å². The van der Waals surface area contributed by atoms with E-state index in [1.807, 2.05) is 6.07 Å². The Balaban J connectivity index is 3.91. The molecule has 5 heteroatoms. The van der Waals surface area contributed by atoms with Crippen LogP contribution in [-0.4, -0.2) is 18.5 Å². The molecule has 0 aromatic carbocycles. The van der Waals surface area contributed by atoms with E-state index < -0.39 is 11.9 Å². The van der Waals surface area contributed by atoms with E-state index in [2.05, 4.69) is 9.47 Å². The minimum Gasteiger partial charge on any atom is -0.461 e. The zero-order valence-electron chi connectivity index (χ0n) is 8.07. The van der Waals surface area contributed by atoms with Crippen LogP contribution in [0, 0.1) is 11.3 Å². The van der Waals surface area contributed by atoms with Crippen LogP contribution >= 0.6 is 0 Å². The number of carbonyl (C=O) groups is 2. The molecule has 0 N–H and O–H groups in total. The van der Waals surface area contributed by atoms with E-state index in [0.717, 1.165) is 6.08 Å². The zero-order valence-corrected chi connectivity index (χ0v) is 8.07. The van der Waals surface area contributed by atoms with Crippen molar-refractivity contribution < 1.29 is 19.1 Å². The summed E-state index contributed by atoms with van der Waals surface area (Å²) >= 11 is 0. The van der Waals surface area contributed by atoms with E-state index in [4.69, 9.17) is 5.26 Å². The second-order valence-corrected chi connectivity index (χ2v) is 2.42. The van der Waals surface area contributed by atoms with Gasteiger partial charge in [-0.3, -0.25) is 4.79 Å². The van der Waals surface area contributed by atoms with Crippen molar-refractivity contribution >= 4 is 11.9 Å². The number of carbonyl (C=O) groups excluding carboxylic acids is 2. The monoisotopic (exact) mass is 197 g/mol. The van der Waals surface area contributed by atoms with Crippen molar-refractivity contribution in [3.05, 3.63) is 11.8 Å². The first kappa shape index (κ1) is 12.2. The number of hydrogen-bond acceptors (Lipinski definition) is 5. The van der Waals surface area contributed by atoms with E-state index in [0.29, 0.717) is 0 Å². The van der Waals surface area contributed by atoms with Crippen molar-refractivity contribution in [3.8, 4) is 6.07 Å². The fourth-order valence-electron chi connectivity index (χ4n) is 0.661. The summed E-state index contributed by atoms with van der Waals surface area (Å²) in [5.41, 5.74) is 0. The third-order valence-corrected chi connectivity index (χ3v) is 1.08. The van der Waals surface area contributed by atoms with Crippen LogP contribution in [0.1, 0.15) is 20.3 Å². The molecule has 0 heterocycles. The molecule has 0 aliphatic heterocycles. The lowest BCUT2D eigenvalue weighted by molar-refractivity contribution is -0.138. The molecule has 5 nitrogen and oxygen atoms in total. The molecule has 0 aliphatic carbocycles. The van der Waals surface area contributed by atoms with Crippen molar-refractivity contribution in [3.63, 3.8) is 0 Å². The summed E-state index contributed by atoms with van der Waals surface area (Å²) < 4.78 is 9.19. The van der Waals surface area contributed by atoms with Gasteiger partial charge in [0.25, 0.3) is 0 Å². The standard InChI is InChI=1S/C9H11NO4/c1-7(14-8(2)11)6-9(12)13-5-3-4-10/h6H,3,5H2,1-2H3/b7-6-. The molecule has 0 bridgehead atoms. The molecule has 0 spiro atoms. The maximum absolute atomic E-state index is 10.9. The second kappa shape index (κ2) is 6.66. The lowest BCUT2D eigenvalue weighted by Gasteiger charge is -2.00. The Labute approximate surface area is 81.9 Å². The van der Waals surface area contributed by atoms with Crippen LogP contribution in [0.2, 0.25) is 0 Å². The quantitative estimate of drug-likeness (QED) is 0.290. The first-order valence-corrected chi connectivity index (χ1v) is 3.96. The largest absolute Gasteiger partial charge is 0.461 e. The van der Waals surface area contributed by atoms with Crippen molar-refractivity contribution in [1.29, 1.82) is 5.26 Å². The molecular weight excluding hydrogens is 186 g/mol. The molecule has 0 unspecified atom stereocenters. The summed E-state index contributed by atoms with van der Waals surface area (Å²) in [7, 11) is 0. The fraction of sp³-hybridized carbons (Fsp3) is 0.444. The van der Waals surface area contributed by atoms with Gasteiger partial charge in [-0.05, 0) is 6.92 Å². The highest BCUT2D eigenvalue weighted by atomic mass is 16.5. The van der Waals surface area contributed by atoms with Gasteiger partial charge in [-0.15, -0.1) is 0 Å². The smallest absolute Gasteiger partial charge is 0.334 e. The Hall–Kier alpha value is -1.83.